The summed E-state index contributed by atoms with van der Waals surface area (Å²) in [6.07, 6.45) is 3.48. The highest BCUT2D eigenvalue weighted by atomic mass is 16.5. The van der Waals surface area contributed by atoms with Crippen LogP contribution in [-0.4, -0.2) is 28.2 Å². The zero-order valence-electron chi connectivity index (χ0n) is 12.9. The summed E-state index contributed by atoms with van der Waals surface area (Å²) in [5, 5.41) is 12.2. The van der Waals surface area contributed by atoms with Crippen molar-refractivity contribution in [1.29, 1.82) is 0 Å². The standard InChI is InChI=1S/C17H23N3O2/c1-2-14(9-11-21)12-19-17-18-10-8-16(20-17)22-13-15-6-4-3-5-7-15/h3-8,10,14,21H,2,9,11-13H2,1H3,(H,18,19,20). The molecule has 0 aliphatic heterocycles. The SMILES string of the molecule is CCC(CCO)CNc1nccc(OCc2ccccc2)n1. The summed E-state index contributed by atoms with van der Waals surface area (Å²) in [6, 6.07) is 11.7. The summed E-state index contributed by atoms with van der Waals surface area (Å²) < 4.78 is 5.68. The molecule has 0 amide bonds. The van der Waals surface area contributed by atoms with E-state index in [0.29, 0.717) is 24.4 Å². The molecule has 0 radical (unpaired) electrons. The van der Waals surface area contributed by atoms with Crippen LogP contribution in [0, 0.1) is 5.92 Å². The lowest BCUT2D eigenvalue weighted by atomic mass is 10.0. The maximum atomic E-state index is 9.01. The number of hydrogen-bond acceptors (Lipinski definition) is 5. The van der Waals surface area contributed by atoms with Crippen molar-refractivity contribution >= 4 is 5.95 Å². The molecule has 2 N–H and O–H groups in total. The Balaban J connectivity index is 1.86. The molecule has 2 rings (SSSR count). The van der Waals surface area contributed by atoms with Crippen molar-refractivity contribution in [1.82, 2.24) is 9.97 Å². The lowest BCUT2D eigenvalue weighted by Crippen LogP contribution is -2.16. The third-order valence-corrected chi connectivity index (χ3v) is 3.52. The predicted octanol–water partition coefficient (Wildman–Crippen LogP) is 2.88. The summed E-state index contributed by atoms with van der Waals surface area (Å²) in [4.78, 5) is 8.54. The van der Waals surface area contributed by atoms with Gasteiger partial charge in [0.05, 0.1) is 0 Å². The molecule has 0 saturated heterocycles. The number of hydrogen-bond donors (Lipinski definition) is 2. The summed E-state index contributed by atoms with van der Waals surface area (Å²) >= 11 is 0. The van der Waals surface area contributed by atoms with Crippen molar-refractivity contribution in [2.45, 2.75) is 26.4 Å². The van der Waals surface area contributed by atoms with E-state index >= 15 is 0 Å². The van der Waals surface area contributed by atoms with Gasteiger partial charge < -0.3 is 15.2 Å². The van der Waals surface area contributed by atoms with E-state index in [-0.39, 0.29) is 6.61 Å². The molecule has 0 fully saturated rings. The fourth-order valence-electron chi connectivity index (χ4n) is 2.11. The Hall–Kier alpha value is -2.14. The fourth-order valence-corrected chi connectivity index (χ4v) is 2.11. The molecule has 118 valence electrons. The van der Waals surface area contributed by atoms with E-state index < -0.39 is 0 Å². The molecule has 2 aromatic rings. The van der Waals surface area contributed by atoms with Gasteiger partial charge in [-0.2, -0.15) is 4.98 Å². The normalized spacial score (nSPS) is 11.9. The van der Waals surface area contributed by atoms with E-state index in [4.69, 9.17) is 9.84 Å². The van der Waals surface area contributed by atoms with Crippen LogP contribution in [0.4, 0.5) is 5.95 Å². The van der Waals surface area contributed by atoms with Gasteiger partial charge in [-0.3, -0.25) is 0 Å². The van der Waals surface area contributed by atoms with Crippen molar-refractivity contribution in [2.24, 2.45) is 5.92 Å². The van der Waals surface area contributed by atoms with Gasteiger partial charge in [-0.1, -0.05) is 43.7 Å². The first-order valence-electron chi connectivity index (χ1n) is 7.66. The van der Waals surface area contributed by atoms with Crippen molar-refractivity contribution in [2.75, 3.05) is 18.5 Å². The lowest BCUT2D eigenvalue weighted by molar-refractivity contribution is 0.258. The number of nitrogens with zero attached hydrogens (tertiary/aromatic N) is 2. The van der Waals surface area contributed by atoms with Gasteiger partial charge >= 0.3 is 0 Å². The molecule has 1 heterocycles. The molecule has 0 aliphatic rings. The first kappa shape index (κ1) is 16.2. The molecule has 1 atom stereocenters. The number of aromatic nitrogens is 2. The van der Waals surface area contributed by atoms with Crippen LogP contribution in [0.2, 0.25) is 0 Å². The van der Waals surface area contributed by atoms with Gasteiger partial charge in [-0.15, -0.1) is 0 Å². The average molecular weight is 301 g/mol. The molecule has 1 aromatic heterocycles. The predicted molar refractivity (Wildman–Crippen MR) is 86.8 cm³/mol. The number of rotatable bonds is 9. The van der Waals surface area contributed by atoms with Gasteiger partial charge in [0.1, 0.15) is 6.61 Å². The molecule has 0 bridgehead atoms. The highest BCUT2D eigenvalue weighted by Gasteiger charge is 2.07. The summed E-state index contributed by atoms with van der Waals surface area (Å²) in [5.74, 6) is 1.53. The van der Waals surface area contributed by atoms with Gasteiger partial charge in [0, 0.05) is 25.4 Å². The van der Waals surface area contributed by atoms with E-state index in [1.54, 1.807) is 12.3 Å². The van der Waals surface area contributed by atoms with E-state index in [1.807, 2.05) is 30.3 Å². The maximum Gasteiger partial charge on any atom is 0.225 e. The Morgan fingerprint density at radius 1 is 1.23 bits per heavy atom. The van der Waals surface area contributed by atoms with Gasteiger partial charge in [-0.25, -0.2) is 4.98 Å². The molecule has 1 aromatic carbocycles. The van der Waals surface area contributed by atoms with Crippen LogP contribution >= 0.6 is 0 Å². The minimum absolute atomic E-state index is 0.210. The number of anilines is 1. The Morgan fingerprint density at radius 2 is 2.05 bits per heavy atom. The molecular formula is C17H23N3O2. The number of nitrogens with one attached hydrogen (secondary N) is 1. The van der Waals surface area contributed by atoms with Crippen molar-refractivity contribution in [3.8, 4) is 5.88 Å². The zero-order chi connectivity index (χ0) is 15.6. The first-order valence-corrected chi connectivity index (χ1v) is 7.66. The Bertz CT molecular complexity index is 549. The van der Waals surface area contributed by atoms with Crippen molar-refractivity contribution in [3.05, 3.63) is 48.2 Å². The van der Waals surface area contributed by atoms with Crippen molar-refractivity contribution < 1.29 is 9.84 Å². The number of aliphatic hydroxyl groups excluding tert-OH is 1. The molecule has 22 heavy (non-hydrogen) atoms. The third-order valence-electron chi connectivity index (χ3n) is 3.52. The molecule has 0 spiro atoms. The topological polar surface area (TPSA) is 67.3 Å². The van der Waals surface area contributed by atoms with E-state index in [9.17, 15) is 0 Å². The van der Waals surface area contributed by atoms with Crippen LogP contribution < -0.4 is 10.1 Å². The van der Waals surface area contributed by atoms with Crippen LogP contribution in [0.3, 0.4) is 0 Å². The molecule has 0 saturated carbocycles. The van der Waals surface area contributed by atoms with Crippen LogP contribution in [0.15, 0.2) is 42.6 Å². The third kappa shape index (κ3) is 5.33. The molecule has 1 unspecified atom stereocenters. The minimum Gasteiger partial charge on any atom is -0.473 e. The van der Waals surface area contributed by atoms with Crippen LogP contribution in [0.1, 0.15) is 25.3 Å². The van der Waals surface area contributed by atoms with Crippen LogP contribution in [0.5, 0.6) is 5.88 Å². The quantitative estimate of drug-likeness (QED) is 0.745. The molecule has 5 nitrogen and oxygen atoms in total. The second-order valence-corrected chi connectivity index (χ2v) is 5.16. The fraction of sp³-hybridized carbons (Fsp3) is 0.412. The zero-order valence-corrected chi connectivity index (χ0v) is 12.9. The molecule has 0 aliphatic carbocycles. The summed E-state index contributed by atoms with van der Waals surface area (Å²) in [5.41, 5.74) is 1.10. The van der Waals surface area contributed by atoms with E-state index in [0.717, 1.165) is 24.9 Å². The first-order chi connectivity index (χ1) is 10.8. The largest absolute Gasteiger partial charge is 0.473 e. The monoisotopic (exact) mass is 301 g/mol. The highest BCUT2D eigenvalue weighted by Crippen LogP contribution is 2.13. The Kier molecular flexibility index (Phi) is 6.64. The molecule has 5 heteroatoms. The summed E-state index contributed by atoms with van der Waals surface area (Å²) in [7, 11) is 0. The smallest absolute Gasteiger partial charge is 0.225 e. The Morgan fingerprint density at radius 3 is 2.77 bits per heavy atom. The van der Waals surface area contributed by atoms with Crippen molar-refractivity contribution in [3.63, 3.8) is 0 Å². The number of benzene rings is 1. The highest BCUT2D eigenvalue weighted by molar-refractivity contribution is 5.27. The lowest BCUT2D eigenvalue weighted by Gasteiger charge is -2.14. The average Bonchev–Trinajstić information content (AvgIpc) is 2.58. The van der Waals surface area contributed by atoms with Crippen LogP contribution in [0.25, 0.3) is 0 Å². The minimum atomic E-state index is 0.210. The van der Waals surface area contributed by atoms with Gasteiger partial charge in [0.15, 0.2) is 0 Å². The van der Waals surface area contributed by atoms with Gasteiger partial charge in [0.2, 0.25) is 11.8 Å². The van der Waals surface area contributed by atoms with Gasteiger partial charge in [-0.05, 0) is 17.9 Å². The second kappa shape index (κ2) is 9.00. The van der Waals surface area contributed by atoms with E-state index in [1.165, 1.54) is 0 Å². The van der Waals surface area contributed by atoms with Crippen LogP contribution in [-0.2, 0) is 6.61 Å². The number of aliphatic hydroxyl groups is 1. The number of ether oxygens (including phenoxy) is 1. The Labute approximate surface area is 131 Å². The molecular weight excluding hydrogens is 278 g/mol. The maximum absolute atomic E-state index is 9.01. The van der Waals surface area contributed by atoms with E-state index in [2.05, 4.69) is 22.2 Å². The second-order valence-electron chi connectivity index (χ2n) is 5.16. The van der Waals surface area contributed by atoms with Gasteiger partial charge in [0.25, 0.3) is 0 Å². The summed E-state index contributed by atoms with van der Waals surface area (Å²) in [6.45, 7) is 3.56.